The van der Waals surface area contributed by atoms with Gasteiger partial charge in [-0.1, -0.05) is 12.1 Å². The average molecular weight is 364 g/mol. The van der Waals surface area contributed by atoms with E-state index in [2.05, 4.69) is 4.98 Å². The largest absolute Gasteiger partial charge is 0.481 e. The Kier molecular flexibility index (Phi) is 5.40. The summed E-state index contributed by atoms with van der Waals surface area (Å²) in [4.78, 5) is 29.2. The molecule has 2 heterocycles. The molecular formula is C17H17FN2O4S. The van der Waals surface area contributed by atoms with Crippen molar-refractivity contribution in [3.05, 3.63) is 41.2 Å². The SMILES string of the molecule is O=C(O)C[C@H]1CN(C(=O)Cc2csc(-c3cccc(F)c3)n2)CCO1. The number of halogens is 1. The van der Waals surface area contributed by atoms with Gasteiger partial charge in [-0.25, -0.2) is 9.37 Å². The fourth-order valence-corrected chi connectivity index (χ4v) is 3.49. The first-order chi connectivity index (χ1) is 12.0. The van der Waals surface area contributed by atoms with E-state index in [1.807, 2.05) is 0 Å². The van der Waals surface area contributed by atoms with Gasteiger partial charge in [0.05, 0.1) is 31.2 Å². The van der Waals surface area contributed by atoms with Crippen molar-refractivity contribution < 1.29 is 23.8 Å². The second-order valence-electron chi connectivity index (χ2n) is 5.76. The Labute approximate surface area is 147 Å². The Morgan fingerprint density at radius 3 is 3.04 bits per heavy atom. The van der Waals surface area contributed by atoms with Crippen LogP contribution in [0.4, 0.5) is 4.39 Å². The average Bonchev–Trinajstić information content (AvgIpc) is 3.03. The van der Waals surface area contributed by atoms with E-state index in [1.165, 1.54) is 23.5 Å². The van der Waals surface area contributed by atoms with Gasteiger partial charge >= 0.3 is 5.97 Å². The summed E-state index contributed by atoms with van der Waals surface area (Å²) in [6.45, 7) is 1.04. The van der Waals surface area contributed by atoms with E-state index in [0.717, 1.165) is 0 Å². The van der Waals surface area contributed by atoms with Crippen LogP contribution in [-0.4, -0.2) is 52.7 Å². The van der Waals surface area contributed by atoms with Crippen molar-refractivity contribution in [2.45, 2.75) is 18.9 Å². The molecule has 0 spiro atoms. The number of carboxylic acid groups (broad SMARTS) is 1. The van der Waals surface area contributed by atoms with Gasteiger partial charge in [-0.05, 0) is 12.1 Å². The van der Waals surface area contributed by atoms with Crippen LogP contribution in [0.2, 0.25) is 0 Å². The molecule has 0 unspecified atom stereocenters. The van der Waals surface area contributed by atoms with Crippen LogP contribution in [0.3, 0.4) is 0 Å². The van der Waals surface area contributed by atoms with Crippen LogP contribution in [0, 0.1) is 5.82 Å². The van der Waals surface area contributed by atoms with Gasteiger partial charge in [0.15, 0.2) is 0 Å². The second kappa shape index (κ2) is 7.71. The first-order valence-electron chi connectivity index (χ1n) is 7.83. The van der Waals surface area contributed by atoms with Crippen LogP contribution >= 0.6 is 11.3 Å². The summed E-state index contributed by atoms with van der Waals surface area (Å²) >= 11 is 1.36. The van der Waals surface area contributed by atoms with Crippen LogP contribution in [0.1, 0.15) is 12.1 Å². The summed E-state index contributed by atoms with van der Waals surface area (Å²) in [7, 11) is 0. The predicted octanol–water partition coefficient (Wildman–Crippen LogP) is 2.19. The topological polar surface area (TPSA) is 79.7 Å². The number of nitrogens with zero attached hydrogens (tertiary/aromatic N) is 2. The molecule has 1 atom stereocenters. The van der Waals surface area contributed by atoms with Gasteiger partial charge in [-0.15, -0.1) is 11.3 Å². The lowest BCUT2D eigenvalue weighted by Crippen LogP contribution is -2.46. The highest BCUT2D eigenvalue weighted by Gasteiger charge is 2.26. The van der Waals surface area contributed by atoms with Crippen LogP contribution in [0.25, 0.3) is 10.6 Å². The molecule has 0 radical (unpaired) electrons. The maximum absolute atomic E-state index is 13.3. The van der Waals surface area contributed by atoms with Gasteiger partial charge in [0, 0.05) is 24.0 Å². The number of aromatic nitrogens is 1. The molecule has 1 aromatic carbocycles. The van der Waals surface area contributed by atoms with Crippen LogP contribution in [-0.2, 0) is 20.7 Å². The minimum Gasteiger partial charge on any atom is -0.481 e. The normalized spacial score (nSPS) is 17.5. The zero-order chi connectivity index (χ0) is 17.8. The van der Waals surface area contributed by atoms with Crippen molar-refractivity contribution in [1.29, 1.82) is 0 Å². The number of hydrogen-bond acceptors (Lipinski definition) is 5. The summed E-state index contributed by atoms with van der Waals surface area (Å²) in [6, 6.07) is 6.16. The molecule has 25 heavy (non-hydrogen) atoms. The van der Waals surface area contributed by atoms with Gasteiger partial charge in [-0.2, -0.15) is 0 Å². The third-order valence-electron chi connectivity index (χ3n) is 3.85. The lowest BCUT2D eigenvalue weighted by atomic mass is 10.2. The predicted molar refractivity (Wildman–Crippen MR) is 89.8 cm³/mol. The molecule has 2 aromatic rings. The van der Waals surface area contributed by atoms with Gasteiger partial charge in [0.25, 0.3) is 0 Å². The number of carbonyl (C=O) groups is 2. The summed E-state index contributed by atoms with van der Waals surface area (Å²) in [6.07, 6.45) is -0.469. The minimum atomic E-state index is -0.946. The number of morpholine rings is 1. The Bertz CT molecular complexity index is 780. The number of carboxylic acids is 1. The molecule has 1 amide bonds. The Balaban J connectivity index is 1.62. The molecule has 132 valence electrons. The Morgan fingerprint density at radius 1 is 1.44 bits per heavy atom. The highest BCUT2D eigenvalue weighted by molar-refractivity contribution is 7.13. The fraction of sp³-hybridized carbons (Fsp3) is 0.353. The third-order valence-corrected chi connectivity index (χ3v) is 4.79. The zero-order valence-electron chi connectivity index (χ0n) is 13.4. The van der Waals surface area contributed by atoms with E-state index in [4.69, 9.17) is 9.84 Å². The van der Waals surface area contributed by atoms with Crippen LogP contribution in [0.5, 0.6) is 0 Å². The van der Waals surface area contributed by atoms with Crippen LogP contribution < -0.4 is 0 Å². The van der Waals surface area contributed by atoms with Crippen molar-refractivity contribution in [3.8, 4) is 10.6 Å². The molecule has 1 saturated heterocycles. The maximum Gasteiger partial charge on any atom is 0.306 e. The number of benzene rings is 1. The van der Waals surface area contributed by atoms with Gasteiger partial charge in [0.1, 0.15) is 10.8 Å². The number of thiazole rings is 1. The van der Waals surface area contributed by atoms with E-state index in [1.54, 1.807) is 22.4 Å². The van der Waals surface area contributed by atoms with E-state index in [0.29, 0.717) is 29.4 Å². The summed E-state index contributed by atoms with van der Waals surface area (Å²) in [5.41, 5.74) is 1.30. The smallest absolute Gasteiger partial charge is 0.306 e. The Hall–Kier alpha value is -2.32. The Morgan fingerprint density at radius 2 is 2.28 bits per heavy atom. The zero-order valence-corrected chi connectivity index (χ0v) is 14.2. The highest BCUT2D eigenvalue weighted by atomic mass is 32.1. The van der Waals surface area contributed by atoms with Crippen molar-refractivity contribution in [3.63, 3.8) is 0 Å². The molecule has 1 aromatic heterocycles. The molecule has 3 rings (SSSR count). The lowest BCUT2D eigenvalue weighted by Gasteiger charge is -2.32. The van der Waals surface area contributed by atoms with E-state index in [9.17, 15) is 14.0 Å². The molecular weight excluding hydrogens is 347 g/mol. The van der Waals surface area contributed by atoms with E-state index in [-0.39, 0.29) is 31.1 Å². The number of aliphatic carboxylic acids is 1. The molecule has 1 aliphatic heterocycles. The summed E-state index contributed by atoms with van der Waals surface area (Å²) in [5.74, 6) is -1.39. The van der Waals surface area contributed by atoms with Gasteiger partial charge in [-0.3, -0.25) is 9.59 Å². The van der Waals surface area contributed by atoms with Crippen LogP contribution in [0.15, 0.2) is 29.6 Å². The molecule has 1 aliphatic rings. The first kappa shape index (κ1) is 17.5. The quantitative estimate of drug-likeness (QED) is 0.880. The number of carbonyl (C=O) groups excluding carboxylic acids is 1. The molecule has 8 heteroatoms. The molecule has 1 fully saturated rings. The fourth-order valence-electron chi connectivity index (χ4n) is 2.67. The van der Waals surface area contributed by atoms with Crippen molar-refractivity contribution in [1.82, 2.24) is 9.88 Å². The van der Waals surface area contributed by atoms with Crippen molar-refractivity contribution in [2.24, 2.45) is 0 Å². The number of rotatable bonds is 5. The van der Waals surface area contributed by atoms with Gasteiger partial charge < -0.3 is 14.7 Å². The summed E-state index contributed by atoms with van der Waals surface area (Å²) < 4.78 is 18.7. The second-order valence-corrected chi connectivity index (χ2v) is 6.62. The number of amides is 1. The maximum atomic E-state index is 13.3. The monoisotopic (exact) mass is 364 g/mol. The molecule has 0 aliphatic carbocycles. The lowest BCUT2D eigenvalue weighted by molar-refractivity contribution is -0.147. The standard InChI is InChI=1S/C17H17FN2O4S/c18-12-3-1-2-11(6-12)17-19-13(10-25-17)7-15(21)20-4-5-24-14(9-20)8-16(22)23/h1-3,6,10,14H,4-5,7-9H2,(H,22,23)/t14-/m0/s1. The minimum absolute atomic E-state index is 0.116. The van der Waals surface area contributed by atoms with E-state index < -0.39 is 12.1 Å². The summed E-state index contributed by atoms with van der Waals surface area (Å²) in [5, 5.41) is 11.3. The molecule has 0 saturated carbocycles. The molecule has 1 N–H and O–H groups in total. The van der Waals surface area contributed by atoms with Crippen molar-refractivity contribution >= 4 is 23.2 Å². The number of hydrogen-bond donors (Lipinski definition) is 1. The third kappa shape index (κ3) is 4.61. The first-order valence-corrected chi connectivity index (χ1v) is 8.71. The molecule has 6 nitrogen and oxygen atoms in total. The van der Waals surface area contributed by atoms with Crippen molar-refractivity contribution in [2.75, 3.05) is 19.7 Å². The molecule has 0 bridgehead atoms. The van der Waals surface area contributed by atoms with E-state index >= 15 is 0 Å². The van der Waals surface area contributed by atoms with Gasteiger partial charge in [0.2, 0.25) is 5.91 Å². The number of ether oxygens (including phenoxy) is 1. The highest BCUT2D eigenvalue weighted by Crippen LogP contribution is 2.24.